The molecule has 0 bridgehead atoms. The lowest BCUT2D eigenvalue weighted by molar-refractivity contribution is -0.123. The maximum Gasteiger partial charge on any atom is 0.263 e. The number of nitrogens with zero attached hydrogens (tertiary/aromatic N) is 1. The van der Waals surface area contributed by atoms with Crippen molar-refractivity contribution in [3.05, 3.63) is 51.7 Å². The molecular formula is C24H28N2O4S. The number of piperidine rings is 1. The van der Waals surface area contributed by atoms with Crippen molar-refractivity contribution in [2.45, 2.75) is 32.6 Å². The quantitative estimate of drug-likeness (QED) is 0.668. The molecule has 2 amide bonds. The van der Waals surface area contributed by atoms with Crippen molar-refractivity contribution in [1.82, 2.24) is 10.2 Å². The Morgan fingerprint density at radius 3 is 2.58 bits per heavy atom. The Bertz CT molecular complexity index is 991. The Kier molecular flexibility index (Phi) is 6.14. The summed E-state index contributed by atoms with van der Waals surface area (Å²) in [7, 11) is 1.65. The molecule has 2 aromatic rings. The maximum absolute atomic E-state index is 12.7. The van der Waals surface area contributed by atoms with Crippen molar-refractivity contribution >= 4 is 28.9 Å². The number of hydrogen-bond donors (Lipinski definition) is 1. The third kappa shape index (κ3) is 4.66. The molecular weight excluding hydrogens is 412 g/mol. The van der Waals surface area contributed by atoms with E-state index in [0.29, 0.717) is 29.4 Å². The number of ketones is 1. The Labute approximate surface area is 186 Å². The highest BCUT2D eigenvalue weighted by molar-refractivity contribution is 7.15. The summed E-state index contributed by atoms with van der Waals surface area (Å²) in [5, 5.41) is 3.08. The Morgan fingerprint density at radius 1 is 1.16 bits per heavy atom. The molecule has 1 N–H and O–H groups in total. The van der Waals surface area contributed by atoms with Gasteiger partial charge in [-0.3, -0.25) is 14.4 Å². The van der Waals surface area contributed by atoms with Crippen molar-refractivity contribution in [2.75, 3.05) is 26.7 Å². The van der Waals surface area contributed by atoms with Crippen molar-refractivity contribution < 1.29 is 19.1 Å². The number of hydrogen-bond acceptors (Lipinski definition) is 5. The molecule has 164 valence electrons. The third-order valence-electron chi connectivity index (χ3n) is 6.56. The van der Waals surface area contributed by atoms with E-state index >= 15 is 0 Å². The molecule has 1 atom stereocenters. The summed E-state index contributed by atoms with van der Waals surface area (Å²) < 4.78 is 5.24. The van der Waals surface area contributed by atoms with E-state index in [9.17, 15) is 14.4 Å². The van der Waals surface area contributed by atoms with Crippen LogP contribution >= 0.6 is 11.3 Å². The smallest absolute Gasteiger partial charge is 0.263 e. The first-order chi connectivity index (χ1) is 14.9. The van der Waals surface area contributed by atoms with Crippen molar-refractivity contribution in [3.63, 3.8) is 0 Å². The molecule has 1 saturated carbocycles. The zero-order valence-electron chi connectivity index (χ0n) is 18.0. The number of rotatable bonds is 7. The number of amides is 2. The second kappa shape index (κ2) is 8.83. The lowest BCUT2D eigenvalue weighted by Gasteiger charge is -2.32. The van der Waals surface area contributed by atoms with Gasteiger partial charge in [-0.2, -0.15) is 0 Å². The van der Waals surface area contributed by atoms with E-state index < -0.39 is 0 Å². The van der Waals surface area contributed by atoms with Gasteiger partial charge in [0.1, 0.15) is 5.75 Å². The summed E-state index contributed by atoms with van der Waals surface area (Å²) in [4.78, 5) is 40.0. The molecule has 1 spiro atoms. The number of carbonyl (C=O) groups excluding carboxylic acids is 3. The van der Waals surface area contributed by atoms with Crippen molar-refractivity contribution in [2.24, 2.45) is 11.3 Å². The lowest BCUT2D eigenvalue weighted by Crippen LogP contribution is -2.40. The lowest BCUT2D eigenvalue weighted by atomic mass is 9.90. The van der Waals surface area contributed by atoms with E-state index in [1.807, 2.05) is 29.2 Å². The van der Waals surface area contributed by atoms with Gasteiger partial charge in [0.05, 0.1) is 16.9 Å². The van der Waals surface area contributed by atoms with Gasteiger partial charge in [-0.25, -0.2) is 0 Å². The van der Waals surface area contributed by atoms with Crippen LogP contribution in [0.2, 0.25) is 0 Å². The fourth-order valence-electron chi connectivity index (χ4n) is 4.51. The molecule has 2 heterocycles. The summed E-state index contributed by atoms with van der Waals surface area (Å²) in [6.45, 7) is 3.46. The minimum absolute atomic E-state index is 0.00714. The normalized spacial score (nSPS) is 19.2. The SMILES string of the molecule is COc1cccc(CCNC(=O)[C@H]2CC23CCN(C(=O)c2ccc(C(C)=O)s2)CC3)c1. The van der Waals surface area contributed by atoms with Crippen LogP contribution in [-0.2, 0) is 11.2 Å². The zero-order chi connectivity index (χ0) is 22.0. The highest BCUT2D eigenvalue weighted by Crippen LogP contribution is 2.59. The molecule has 1 aromatic heterocycles. The van der Waals surface area contributed by atoms with Gasteiger partial charge in [-0.05, 0) is 67.9 Å². The van der Waals surface area contributed by atoms with Gasteiger partial charge < -0.3 is 15.0 Å². The molecule has 7 heteroatoms. The first-order valence-electron chi connectivity index (χ1n) is 10.7. The van der Waals surface area contributed by atoms with E-state index in [-0.39, 0.29) is 28.9 Å². The van der Waals surface area contributed by atoms with Crippen LogP contribution in [0.15, 0.2) is 36.4 Å². The monoisotopic (exact) mass is 440 g/mol. The second-order valence-electron chi connectivity index (χ2n) is 8.52. The van der Waals surface area contributed by atoms with Gasteiger partial charge in [-0.1, -0.05) is 12.1 Å². The molecule has 0 unspecified atom stereocenters. The van der Waals surface area contributed by atoms with Gasteiger partial charge in [-0.15, -0.1) is 11.3 Å². The summed E-state index contributed by atoms with van der Waals surface area (Å²) >= 11 is 1.26. The third-order valence-corrected chi connectivity index (χ3v) is 7.74. The molecule has 4 rings (SSSR count). The van der Waals surface area contributed by atoms with Gasteiger partial charge >= 0.3 is 0 Å². The zero-order valence-corrected chi connectivity index (χ0v) is 18.8. The molecule has 2 fully saturated rings. The van der Waals surface area contributed by atoms with E-state index in [2.05, 4.69) is 5.32 Å². The first-order valence-corrected chi connectivity index (χ1v) is 11.5. The fourth-order valence-corrected chi connectivity index (χ4v) is 5.37. The van der Waals surface area contributed by atoms with Crippen LogP contribution in [-0.4, -0.2) is 49.2 Å². The van der Waals surface area contributed by atoms with Crippen LogP contribution in [0.3, 0.4) is 0 Å². The summed E-state index contributed by atoms with van der Waals surface area (Å²) in [6, 6.07) is 11.4. The predicted molar refractivity (Wildman–Crippen MR) is 120 cm³/mol. The van der Waals surface area contributed by atoms with Crippen molar-refractivity contribution in [1.29, 1.82) is 0 Å². The number of methoxy groups -OCH3 is 1. The van der Waals surface area contributed by atoms with E-state index in [0.717, 1.165) is 37.0 Å². The van der Waals surface area contributed by atoms with Crippen LogP contribution in [0.25, 0.3) is 0 Å². The fraction of sp³-hybridized carbons (Fsp3) is 0.458. The summed E-state index contributed by atoms with van der Waals surface area (Å²) in [6.07, 6.45) is 3.40. The molecule has 1 aromatic carbocycles. The molecule has 1 aliphatic heterocycles. The van der Waals surface area contributed by atoms with Crippen LogP contribution in [0, 0.1) is 11.3 Å². The molecule has 2 aliphatic rings. The number of Topliss-reactive ketones (excluding diaryl/α,β-unsaturated/α-hetero) is 1. The molecule has 1 saturated heterocycles. The van der Waals surface area contributed by atoms with Gasteiger partial charge in [0.15, 0.2) is 5.78 Å². The van der Waals surface area contributed by atoms with Crippen molar-refractivity contribution in [3.8, 4) is 5.75 Å². The molecule has 6 nitrogen and oxygen atoms in total. The molecule has 31 heavy (non-hydrogen) atoms. The van der Waals surface area contributed by atoms with Crippen LogP contribution in [0.4, 0.5) is 0 Å². The number of likely N-dealkylation sites (tertiary alicyclic amines) is 1. The minimum Gasteiger partial charge on any atom is -0.497 e. The van der Waals surface area contributed by atoms with Gasteiger partial charge in [0.25, 0.3) is 5.91 Å². The highest BCUT2D eigenvalue weighted by atomic mass is 32.1. The molecule has 0 radical (unpaired) electrons. The van der Waals surface area contributed by atoms with Crippen LogP contribution < -0.4 is 10.1 Å². The van der Waals surface area contributed by atoms with Crippen LogP contribution in [0.1, 0.15) is 51.1 Å². The average Bonchev–Trinajstić information content (AvgIpc) is 3.23. The molecule has 1 aliphatic carbocycles. The second-order valence-corrected chi connectivity index (χ2v) is 9.61. The predicted octanol–water partition coefficient (Wildman–Crippen LogP) is 3.56. The van der Waals surface area contributed by atoms with Gasteiger partial charge in [0, 0.05) is 25.6 Å². The Hall–Kier alpha value is -2.67. The number of carbonyl (C=O) groups is 3. The number of benzene rings is 1. The standard InChI is InChI=1S/C24H28N2O4S/c1-16(27)20-6-7-21(31-20)23(29)26-12-9-24(10-13-26)15-19(24)22(28)25-11-8-17-4-3-5-18(14-17)30-2/h3-7,14,19H,8-13,15H2,1-2H3,(H,25,28)/t19-/m1/s1. The average molecular weight is 441 g/mol. The van der Waals surface area contributed by atoms with E-state index in [1.165, 1.54) is 18.3 Å². The topological polar surface area (TPSA) is 75.7 Å². The minimum atomic E-state index is -0.0140. The number of nitrogens with one attached hydrogen (secondary N) is 1. The number of ether oxygens (including phenoxy) is 1. The summed E-state index contributed by atoms with van der Waals surface area (Å²) in [5.74, 6) is 0.992. The Morgan fingerprint density at radius 2 is 1.90 bits per heavy atom. The maximum atomic E-state index is 12.7. The largest absolute Gasteiger partial charge is 0.497 e. The number of thiophene rings is 1. The van der Waals surface area contributed by atoms with E-state index in [1.54, 1.807) is 19.2 Å². The van der Waals surface area contributed by atoms with Crippen LogP contribution in [0.5, 0.6) is 5.75 Å². The summed E-state index contributed by atoms with van der Waals surface area (Å²) in [5.41, 5.74) is 1.19. The first kappa shape index (κ1) is 21.6. The van der Waals surface area contributed by atoms with E-state index in [4.69, 9.17) is 4.74 Å². The Balaban J connectivity index is 1.24. The van der Waals surface area contributed by atoms with Gasteiger partial charge in [0.2, 0.25) is 5.91 Å². The highest BCUT2D eigenvalue weighted by Gasteiger charge is 2.58.